The molecule has 0 spiro atoms. The molecule has 1 heterocycles. The van der Waals surface area contributed by atoms with Gasteiger partial charge in [-0.3, -0.25) is 0 Å². The van der Waals surface area contributed by atoms with Gasteiger partial charge < -0.3 is 10.5 Å². The van der Waals surface area contributed by atoms with Crippen molar-refractivity contribution in [2.75, 3.05) is 12.3 Å². The van der Waals surface area contributed by atoms with Gasteiger partial charge in [-0.15, -0.1) is 16.6 Å². The molecule has 0 unspecified atom stereocenters. The highest BCUT2D eigenvalue weighted by Gasteiger charge is 2.04. The monoisotopic (exact) mass is 231 g/mol. The van der Waals surface area contributed by atoms with E-state index in [0.717, 1.165) is 16.3 Å². The van der Waals surface area contributed by atoms with Gasteiger partial charge in [0.1, 0.15) is 17.4 Å². The molecule has 0 aliphatic heterocycles. The highest BCUT2D eigenvalue weighted by atomic mass is 32.1. The lowest BCUT2D eigenvalue weighted by molar-refractivity contribution is 0.370. The maximum absolute atomic E-state index is 5.51. The maximum Gasteiger partial charge on any atom is 0.203 e. The van der Waals surface area contributed by atoms with Gasteiger partial charge in [-0.05, 0) is 24.3 Å². The van der Waals surface area contributed by atoms with Crippen molar-refractivity contribution in [3.63, 3.8) is 0 Å². The summed E-state index contributed by atoms with van der Waals surface area (Å²) in [6.45, 7) is 0.269. The number of ether oxygens (including phenoxy) is 1. The molecular weight excluding hydrogens is 222 g/mol. The molecule has 1 aromatic carbocycles. The molecule has 16 heavy (non-hydrogen) atoms. The first-order valence-corrected chi connectivity index (χ1v) is 5.37. The van der Waals surface area contributed by atoms with Crippen LogP contribution in [0.1, 0.15) is 0 Å². The SMILES string of the molecule is C#CCOc1ccc(-c2nnc(N)s2)cc1. The van der Waals surface area contributed by atoms with Crippen LogP contribution in [0.15, 0.2) is 24.3 Å². The third kappa shape index (κ3) is 2.30. The Balaban J connectivity index is 2.16. The molecule has 2 aromatic rings. The lowest BCUT2D eigenvalue weighted by Gasteiger charge is -2.01. The number of benzene rings is 1. The van der Waals surface area contributed by atoms with E-state index in [2.05, 4.69) is 16.1 Å². The van der Waals surface area contributed by atoms with Crippen LogP contribution in [0.25, 0.3) is 10.6 Å². The van der Waals surface area contributed by atoms with Gasteiger partial charge in [0, 0.05) is 5.56 Å². The van der Waals surface area contributed by atoms with Gasteiger partial charge in [0.2, 0.25) is 5.13 Å². The maximum atomic E-state index is 5.51. The number of nitrogen functional groups attached to an aromatic ring is 1. The summed E-state index contributed by atoms with van der Waals surface area (Å²) in [7, 11) is 0. The summed E-state index contributed by atoms with van der Waals surface area (Å²) >= 11 is 1.35. The van der Waals surface area contributed by atoms with Crippen LogP contribution in [0.3, 0.4) is 0 Å². The Bertz CT molecular complexity index is 513. The smallest absolute Gasteiger partial charge is 0.203 e. The lowest BCUT2D eigenvalue weighted by Crippen LogP contribution is -1.92. The zero-order valence-corrected chi connectivity index (χ0v) is 9.20. The minimum Gasteiger partial charge on any atom is -0.481 e. The fourth-order valence-electron chi connectivity index (χ4n) is 1.17. The summed E-state index contributed by atoms with van der Waals surface area (Å²) in [6.07, 6.45) is 5.09. The molecular formula is C11H9N3OS. The van der Waals surface area contributed by atoms with E-state index < -0.39 is 0 Å². The molecule has 2 N–H and O–H groups in total. The van der Waals surface area contributed by atoms with Crippen molar-refractivity contribution in [2.45, 2.75) is 0 Å². The quantitative estimate of drug-likeness (QED) is 0.818. The van der Waals surface area contributed by atoms with E-state index in [1.165, 1.54) is 11.3 Å². The Morgan fingerprint density at radius 2 is 2.06 bits per heavy atom. The first kappa shape index (κ1) is 10.5. The average molecular weight is 231 g/mol. The number of terminal acetylenes is 1. The molecule has 0 fully saturated rings. The molecule has 1 aromatic heterocycles. The number of hydrogen-bond donors (Lipinski definition) is 1. The molecule has 0 aliphatic carbocycles. The zero-order chi connectivity index (χ0) is 11.4. The van der Waals surface area contributed by atoms with Crippen LogP contribution in [0.5, 0.6) is 5.75 Å². The number of aromatic nitrogens is 2. The molecule has 0 amide bonds. The van der Waals surface area contributed by atoms with E-state index in [9.17, 15) is 0 Å². The fraction of sp³-hybridized carbons (Fsp3) is 0.0909. The number of nitrogens with two attached hydrogens (primary N) is 1. The molecule has 0 aliphatic rings. The van der Waals surface area contributed by atoms with Crippen molar-refractivity contribution in [1.82, 2.24) is 10.2 Å². The van der Waals surface area contributed by atoms with Crippen molar-refractivity contribution in [3.8, 4) is 28.7 Å². The van der Waals surface area contributed by atoms with Crippen LogP contribution in [-0.4, -0.2) is 16.8 Å². The van der Waals surface area contributed by atoms with Crippen molar-refractivity contribution in [2.24, 2.45) is 0 Å². The first-order chi connectivity index (χ1) is 7.79. The molecule has 80 valence electrons. The molecule has 2 rings (SSSR count). The molecule has 0 radical (unpaired) electrons. The highest BCUT2D eigenvalue weighted by molar-refractivity contribution is 7.18. The summed E-state index contributed by atoms with van der Waals surface area (Å²) in [5.41, 5.74) is 6.47. The second-order valence-electron chi connectivity index (χ2n) is 2.96. The number of hydrogen-bond acceptors (Lipinski definition) is 5. The standard InChI is InChI=1S/C11H9N3OS/c1-2-7-15-9-5-3-8(4-6-9)10-13-14-11(12)16-10/h1,3-6H,7H2,(H2,12,14). The van der Waals surface area contributed by atoms with E-state index >= 15 is 0 Å². The molecule has 0 saturated carbocycles. The van der Waals surface area contributed by atoms with Crippen LogP contribution in [0, 0.1) is 12.3 Å². The average Bonchev–Trinajstić information content (AvgIpc) is 2.74. The van der Waals surface area contributed by atoms with E-state index in [-0.39, 0.29) is 6.61 Å². The zero-order valence-electron chi connectivity index (χ0n) is 8.38. The molecule has 0 saturated heterocycles. The minimum absolute atomic E-state index is 0.269. The molecule has 4 nitrogen and oxygen atoms in total. The Kier molecular flexibility index (Phi) is 3.03. The van der Waals surface area contributed by atoms with E-state index in [1.807, 2.05) is 24.3 Å². The van der Waals surface area contributed by atoms with E-state index in [4.69, 9.17) is 16.9 Å². The Hall–Kier alpha value is -2.06. The third-order valence-electron chi connectivity index (χ3n) is 1.86. The second-order valence-corrected chi connectivity index (χ2v) is 3.97. The summed E-state index contributed by atoms with van der Waals surface area (Å²) in [5, 5.41) is 8.96. The number of anilines is 1. The minimum atomic E-state index is 0.269. The number of rotatable bonds is 3. The number of nitrogens with zero attached hydrogens (tertiary/aromatic N) is 2. The van der Waals surface area contributed by atoms with Crippen molar-refractivity contribution >= 4 is 16.5 Å². The molecule has 0 bridgehead atoms. The summed E-state index contributed by atoms with van der Waals surface area (Å²) < 4.78 is 5.26. The van der Waals surface area contributed by atoms with Crippen LogP contribution in [-0.2, 0) is 0 Å². The van der Waals surface area contributed by atoms with Gasteiger partial charge in [-0.2, -0.15) is 0 Å². The van der Waals surface area contributed by atoms with E-state index in [0.29, 0.717) is 5.13 Å². The van der Waals surface area contributed by atoms with E-state index in [1.54, 1.807) is 0 Å². The van der Waals surface area contributed by atoms with Gasteiger partial charge >= 0.3 is 0 Å². The van der Waals surface area contributed by atoms with Gasteiger partial charge in [0.05, 0.1) is 0 Å². The predicted molar refractivity (Wildman–Crippen MR) is 64.1 cm³/mol. The third-order valence-corrected chi connectivity index (χ3v) is 2.67. The Morgan fingerprint density at radius 1 is 1.31 bits per heavy atom. The van der Waals surface area contributed by atoms with Gasteiger partial charge in [0.15, 0.2) is 0 Å². The van der Waals surface area contributed by atoms with Crippen LogP contribution in [0.4, 0.5) is 5.13 Å². The van der Waals surface area contributed by atoms with Gasteiger partial charge in [0.25, 0.3) is 0 Å². The van der Waals surface area contributed by atoms with Crippen molar-refractivity contribution < 1.29 is 4.74 Å². The largest absolute Gasteiger partial charge is 0.481 e. The van der Waals surface area contributed by atoms with Crippen molar-refractivity contribution in [1.29, 1.82) is 0 Å². The van der Waals surface area contributed by atoms with Crippen molar-refractivity contribution in [3.05, 3.63) is 24.3 Å². The molecule has 5 heteroatoms. The second kappa shape index (κ2) is 4.64. The highest BCUT2D eigenvalue weighted by Crippen LogP contribution is 2.26. The summed E-state index contributed by atoms with van der Waals surface area (Å²) in [4.78, 5) is 0. The predicted octanol–water partition coefficient (Wildman–Crippen LogP) is 1.80. The van der Waals surface area contributed by atoms with Crippen LogP contribution in [0.2, 0.25) is 0 Å². The topological polar surface area (TPSA) is 61.0 Å². The van der Waals surface area contributed by atoms with Crippen LogP contribution >= 0.6 is 11.3 Å². The Labute approximate surface area is 97.1 Å². The summed E-state index contributed by atoms with van der Waals surface area (Å²) in [6, 6.07) is 7.46. The lowest BCUT2D eigenvalue weighted by atomic mass is 10.2. The van der Waals surface area contributed by atoms with Gasteiger partial charge in [-0.1, -0.05) is 17.3 Å². The first-order valence-electron chi connectivity index (χ1n) is 4.55. The van der Waals surface area contributed by atoms with Crippen LogP contribution < -0.4 is 10.5 Å². The summed E-state index contributed by atoms with van der Waals surface area (Å²) in [5.74, 6) is 3.14. The van der Waals surface area contributed by atoms with Gasteiger partial charge in [-0.25, -0.2) is 0 Å². The molecule has 0 atom stereocenters. The normalized spacial score (nSPS) is 9.69. The fourth-order valence-corrected chi connectivity index (χ4v) is 1.79. The Morgan fingerprint density at radius 3 is 2.62 bits per heavy atom.